The Kier molecular flexibility index (Phi) is 3.28. The van der Waals surface area contributed by atoms with Crippen LogP contribution in [0.25, 0.3) is 10.9 Å². The largest absolute Gasteiger partial charge is 0.361 e. The number of piperidine rings is 1. The van der Waals surface area contributed by atoms with Crippen molar-refractivity contribution in [3.8, 4) is 0 Å². The molecule has 3 nitrogen and oxygen atoms in total. The third-order valence-electron chi connectivity index (χ3n) is 4.10. The van der Waals surface area contributed by atoms with Gasteiger partial charge in [0.25, 0.3) is 0 Å². The van der Waals surface area contributed by atoms with Gasteiger partial charge < -0.3 is 4.98 Å². The zero-order chi connectivity index (χ0) is 13.2. The summed E-state index contributed by atoms with van der Waals surface area (Å²) in [6.07, 6.45) is 7.84. The molecule has 2 heterocycles. The van der Waals surface area contributed by atoms with Crippen LogP contribution >= 0.6 is 0 Å². The van der Waals surface area contributed by atoms with Crippen molar-refractivity contribution in [3.05, 3.63) is 36.0 Å². The maximum atomic E-state index is 4.73. The smallest absolute Gasteiger partial charge is 0.0564 e. The molecule has 3 heteroatoms. The minimum Gasteiger partial charge on any atom is -0.361 e. The van der Waals surface area contributed by atoms with Gasteiger partial charge in [-0.15, -0.1) is 0 Å². The minimum atomic E-state index is 0.546. The molecule has 0 bridgehead atoms. The number of hydrogen-bond acceptors (Lipinski definition) is 2. The summed E-state index contributed by atoms with van der Waals surface area (Å²) in [5.74, 6) is 0. The SMILES string of the molecule is CC1CCCC(C)N1N=Cc1c[nH]c2ccccc12. The summed E-state index contributed by atoms with van der Waals surface area (Å²) in [7, 11) is 0. The number of hydrogen-bond donors (Lipinski definition) is 1. The second-order valence-corrected chi connectivity index (χ2v) is 5.54. The molecule has 1 aromatic carbocycles. The Hall–Kier alpha value is -1.77. The van der Waals surface area contributed by atoms with Crippen LogP contribution in [0.4, 0.5) is 0 Å². The number of nitrogens with one attached hydrogen (secondary N) is 1. The second kappa shape index (κ2) is 5.08. The van der Waals surface area contributed by atoms with Gasteiger partial charge in [0.1, 0.15) is 0 Å². The molecule has 0 spiro atoms. The lowest BCUT2D eigenvalue weighted by Crippen LogP contribution is -2.39. The Morgan fingerprint density at radius 2 is 1.95 bits per heavy atom. The van der Waals surface area contributed by atoms with Gasteiger partial charge in [0.05, 0.1) is 6.21 Å². The van der Waals surface area contributed by atoms with Gasteiger partial charge in [-0.1, -0.05) is 18.2 Å². The molecule has 1 aromatic heterocycles. The zero-order valence-electron chi connectivity index (χ0n) is 11.6. The number of H-pyrrole nitrogens is 1. The first-order valence-electron chi connectivity index (χ1n) is 7.14. The van der Waals surface area contributed by atoms with Crippen molar-refractivity contribution < 1.29 is 0 Å². The van der Waals surface area contributed by atoms with Crippen LogP contribution in [-0.4, -0.2) is 28.3 Å². The van der Waals surface area contributed by atoms with Crippen molar-refractivity contribution in [2.45, 2.75) is 45.2 Å². The van der Waals surface area contributed by atoms with Crippen LogP contribution in [0.2, 0.25) is 0 Å². The summed E-state index contributed by atoms with van der Waals surface area (Å²) in [5.41, 5.74) is 2.34. The van der Waals surface area contributed by atoms with Crippen LogP contribution in [0.5, 0.6) is 0 Å². The van der Waals surface area contributed by atoms with Crippen LogP contribution in [0, 0.1) is 0 Å². The number of aromatic amines is 1. The molecule has 1 N–H and O–H groups in total. The maximum absolute atomic E-state index is 4.73. The molecule has 100 valence electrons. The molecule has 1 fully saturated rings. The van der Waals surface area contributed by atoms with Gasteiger partial charge in [0.15, 0.2) is 0 Å². The van der Waals surface area contributed by atoms with E-state index in [-0.39, 0.29) is 0 Å². The minimum absolute atomic E-state index is 0.546. The molecule has 2 unspecified atom stereocenters. The number of aromatic nitrogens is 1. The van der Waals surface area contributed by atoms with Crippen molar-refractivity contribution in [2.75, 3.05) is 0 Å². The van der Waals surface area contributed by atoms with Crippen LogP contribution in [-0.2, 0) is 0 Å². The molecular formula is C16H21N3. The number of para-hydroxylation sites is 1. The lowest BCUT2D eigenvalue weighted by atomic mass is 10.00. The Morgan fingerprint density at radius 1 is 1.21 bits per heavy atom. The van der Waals surface area contributed by atoms with E-state index < -0.39 is 0 Å². The number of benzene rings is 1. The highest BCUT2D eigenvalue weighted by molar-refractivity contribution is 5.98. The molecule has 0 aliphatic carbocycles. The van der Waals surface area contributed by atoms with E-state index in [1.807, 2.05) is 12.4 Å². The van der Waals surface area contributed by atoms with Gasteiger partial charge >= 0.3 is 0 Å². The van der Waals surface area contributed by atoms with Crippen molar-refractivity contribution >= 4 is 17.1 Å². The summed E-state index contributed by atoms with van der Waals surface area (Å²) >= 11 is 0. The van der Waals surface area contributed by atoms with Crippen LogP contribution in [0.3, 0.4) is 0 Å². The molecule has 2 aromatic rings. The van der Waals surface area contributed by atoms with Crippen molar-refractivity contribution in [1.29, 1.82) is 0 Å². The number of rotatable bonds is 2. The topological polar surface area (TPSA) is 31.4 Å². The molecule has 0 saturated carbocycles. The molecule has 1 aliphatic heterocycles. The predicted molar refractivity (Wildman–Crippen MR) is 80.5 cm³/mol. The van der Waals surface area contributed by atoms with Crippen LogP contribution in [0.15, 0.2) is 35.6 Å². The quantitative estimate of drug-likeness (QED) is 0.814. The van der Waals surface area contributed by atoms with Gasteiger partial charge in [0.2, 0.25) is 0 Å². The van der Waals surface area contributed by atoms with E-state index in [1.165, 1.54) is 35.7 Å². The second-order valence-electron chi connectivity index (χ2n) is 5.54. The summed E-state index contributed by atoms with van der Waals surface area (Å²) in [6, 6.07) is 9.44. The highest BCUT2D eigenvalue weighted by Gasteiger charge is 2.22. The molecule has 1 aliphatic rings. The van der Waals surface area contributed by atoms with Gasteiger partial charge in [-0.2, -0.15) is 5.10 Å². The standard InChI is InChI=1S/C16H21N3/c1-12-6-5-7-13(2)19(12)18-11-14-10-17-16-9-4-3-8-15(14)16/h3-4,8-13,17H,5-7H2,1-2H3. The normalized spacial score (nSPS) is 24.4. The fraction of sp³-hybridized carbons (Fsp3) is 0.438. The predicted octanol–water partition coefficient (Wildman–Crippen LogP) is 3.76. The van der Waals surface area contributed by atoms with Gasteiger partial charge in [-0.05, 0) is 39.2 Å². The Morgan fingerprint density at radius 3 is 2.74 bits per heavy atom. The fourth-order valence-electron chi connectivity index (χ4n) is 2.96. The number of hydrazone groups is 1. The zero-order valence-corrected chi connectivity index (χ0v) is 11.6. The third kappa shape index (κ3) is 2.37. The average Bonchev–Trinajstić information content (AvgIpc) is 2.82. The average molecular weight is 255 g/mol. The molecule has 1 saturated heterocycles. The van der Waals surface area contributed by atoms with Crippen LogP contribution < -0.4 is 0 Å². The molecule has 2 atom stereocenters. The van der Waals surface area contributed by atoms with E-state index in [1.54, 1.807) is 0 Å². The Balaban J connectivity index is 1.85. The molecule has 0 amide bonds. The fourth-order valence-corrected chi connectivity index (χ4v) is 2.96. The van der Waals surface area contributed by atoms with Gasteiger partial charge in [-0.25, -0.2) is 0 Å². The van der Waals surface area contributed by atoms with Crippen molar-refractivity contribution in [3.63, 3.8) is 0 Å². The first-order valence-corrected chi connectivity index (χ1v) is 7.14. The molecular weight excluding hydrogens is 234 g/mol. The van der Waals surface area contributed by atoms with Crippen molar-refractivity contribution in [1.82, 2.24) is 9.99 Å². The van der Waals surface area contributed by atoms with E-state index in [0.717, 1.165) is 0 Å². The summed E-state index contributed by atoms with van der Waals surface area (Å²) < 4.78 is 0. The van der Waals surface area contributed by atoms with Crippen molar-refractivity contribution in [2.24, 2.45) is 5.10 Å². The lowest BCUT2D eigenvalue weighted by molar-refractivity contribution is 0.109. The summed E-state index contributed by atoms with van der Waals surface area (Å²) in [6.45, 7) is 4.53. The molecule has 3 rings (SSSR count). The lowest BCUT2D eigenvalue weighted by Gasteiger charge is -2.36. The number of nitrogens with zero attached hydrogens (tertiary/aromatic N) is 2. The van der Waals surface area contributed by atoms with Gasteiger partial charge in [-0.3, -0.25) is 5.01 Å². The van der Waals surface area contributed by atoms with E-state index in [9.17, 15) is 0 Å². The first-order chi connectivity index (χ1) is 9.25. The molecule has 19 heavy (non-hydrogen) atoms. The summed E-state index contributed by atoms with van der Waals surface area (Å²) in [4.78, 5) is 3.29. The van der Waals surface area contributed by atoms with Gasteiger partial charge in [0, 0.05) is 34.7 Å². The Labute approximate surface area is 114 Å². The molecule has 0 radical (unpaired) electrons. The maximum Gasteiger partial charge on any atom is 0.0564 e. The summed E-state index contributed by atoms with van der Waals surface area (Å²) in [5, 5.41) is 8.22. The number of fused-ring (bicyclic) bond motifs is 1. The highest BCUT2D eigenvalue weighted by atomic mass is 15.5. The van der Waals surface area contributed by atoms with E-state index in [4.69, 9.17) is 5.10 Å². The van der Waals surface area contributed by atoms with E-state index in [0.29, 0.717) is 12.1 Å². The Bertz CT molecular complexity index is 574. The van der Waals surface area contributed by atoms with E-state index in [2.05, 4.69) is 48.1 Å². The first kappa shape index (κ1) is 12.3. The monoisotopic (exact) mass is 255 g/mol. The third-order valence-corrected chi connectivity index (χ3v) is 4.10. The highest BCUT2D eigenvalue weighted by Crippen LogP contribution is 2.23. The van der Waals surface area contributed by atoms with Crippen LogP contribution in [0.1, 0.15) is 38.7 Å². The van der Waals surface area contributed by atoms with E-state index >= 15 is 0 Å².